The predicted molar refractivity (Wildman–Crippen MR) is 74.2 cm³/mol. The summed E-state index contributed by atoms with van der Waals surface area (Å²) in [6.45, 7) is 4.94. The molecule has 0 atom stereocenters. The van der Waals surface area contributed by atoms with Crippen molar-refractivity contribution in [3.63, 3.8) is 0 Å². The van der Waals surface area contributed by atoms with E-state index in [9.17, 15) is 0 Å². The van der Waals surface area contributed by atoms with Crippen molar-refractivity contribution in [3.8, 4) is 0 Å². The monoisotopic (exact) mass is 293 g/mol. The molecule has 1 heterocycles. The van der Waals surface area contributed by atoms with Crippen LogP contribution >= 0.6 is 15.9 Å². The highest BCUT2D eigenvalue weighted by atomic mass is 79.9. The molecule has 0 saturated carbocycles. The summed E-state index contributed by atoms with van der Waals surface area (Å²) in [7, 11) is 2.00. The maximum absolute atomic E-state index is 4.28. The van der Waals surface area contributed by atoms with E-state index < -0.39 is 0 Å². The molecule has 1 N–H and O–H groups in total. The van der Waals surface area contributed by atoms with Crippen molar-refractivity contribution < 1.29 is 0 Å². The maximum Gasteiger partial charge on any atom is 0.127 e. The van der Waals surface area contributed by atoms with Crippen molar-refractivity contribution in [1.82, 2.24) is 9.55 Å². The number of hydrogen-bond acceptors (Lipinski definition) is 2. The van der Waals surface area contributed by atoms with E-state index in [2.05, 4.69) is 52.2 Å². The van der Waals surface area contributed by atoms with Gasteiger partial charge in [-0.15, -0.1) is 0 Å². The summed E-state index contributed by atoms with van der Waals surface area (Å²) in [5.41, 5.74) is 3.62. The van der Waals surface area contributed by atoms with E-state index >= 15 is 0 Å². The molecule has 17 heavy (non-hydrogen) atoms. The van der Waals surface area contributed by atoms with Crippen LogP contribution < -0.4 is 5.32 Å². The van der Waals surface area contributed by atoms with E-state index in [-0.39, 0.29) is 0 Å². The molecule has 1 aromatic carbocycles. The van der Waals surface area contributed by atoms with Gasteiger partial charge in [0.05, 0.1) is 6.54 Å². The van der Waals surface area contributed by atoms with E-state index in [1.54, 1.807) is 0 Å². The smallest absolute Gasteiger partial charge is 0.127 e. The van der Waals surface area contributed by atoms with Crippen LogP contribution in [0, 0.1) is 13.8 Å². The summed E-state index contributed by atoms with van der Waals surface area (Å²) in [6.07, 6.45) is 3.77. The van der Waals surface area contributed by atoms with Crippen LogP contribution in [-0.2, 0) is 13.6 Å². The van der Waals surface area contributed by atoms with E-state index in [1.165, 1.54) is 15.6 Å². The summed E-state index contributed by atoms with van der Waals surface area (Å²) in [5, 5.41) is 3.39. The van der Waals surface area contributed by atoms with Gasteiger partial charge in [0.15, 0.2) is 0 Å². The minimum atomic E-state index is 0.740. The average molecular weight is 294 g/mol. The minimum absolute atomic E-state index is 0.740. The molecule has 90 valence electrons. The van der Waals surface area contributed by atoms with Gasteiger partial charge in [0.25, 0.3) is 0 Å². The van der Waals surface area contributed by atoms with Gasteiger partial charge in [0.2, 0.25) is 0 Å². The van der Waals surface area contributed by atoms with Crippen LogP contribution in [0.2, 0.25) is 0 Å². The van der Waals surface area contributed by atoms with Crippen LogP contribution in [-0.4, -0.2) is 9.55 Å². The molecule has 0 radical (unpaired) electrons. The van der Waals surface area contributed by atoms with Crippen molar-refractivity contribution in [2.24, 2.45) is 7.05 Å². The van der Waals surface area contributed by atoms with Crippen LogP contribution in [0.15, 0.2) is 29.0 Å². The first-order valence-corrected chi connectivity index (χ1v) is 6.34. The van der Waals surface area contributed by atoms with Gasteiger partial charge in [-0.2, -0.15) is 0 Å². The van der Waals surface area contributed by atoms with Crippen LogP contribution in [0.5, 0.6) is 0 Å². The molecule has 0 saturated heterocycles. The standard InChI is InChI=1S/C13H16BrN3/c1-9-6-11(7-10(2)13(9)14)16-8-12-15-4-5-17(12)3/h4-7,16H,8H2,1-3H3. The third-order valence-electron chi connectivity index (χ3n) is 2.81. The number of halogens is 1. The van der Waals surface area contributed by atoms with Gasteiger partial charge < -0.3 is 9.88 Å². The minimum Gasteiger partial charge on any atom is -0.378 e. The highest BCUT2D eigenvalue weighted by molar-refractivity contribution is 9.10. The number of aryl methyl sites for hydroxylation is 3. The number of benzene rings is 1. The second kappa shape index (κ2) is 4.92. The van der Waals surface area contributed by atoms with Gasteiger partial charge in [-0.1, -0.05) is 15.9 Å². The molecule has 2 aromatic rings. The van der Waals surface area contributed by atoms with Crippen molar-refractivity contribution in [3.05, 3.63) is 46.0 Å². The van der Waals surface area contributed by atoms with Crippen molar-refractivity contribution in [1.29, 1.82) is 0 Å². The number of hydrogen-bond donors (Lipinski definition) is 1. The van der Waals surface area contributed by atoms with Gasteiger partial charge in [0.1, 0.15) is 5.82 Å². The van der Waals surface area contributed by atoms with E-state index in [4.69, 9.17) is 0 Å². The first-order chi connectivity index (χ1) is 8.08. The first-order valence-electron chi connectivity index (χ1n) is 5.54. The Balaban J connectivity index is 2.12. The Morgan fingerprint density at radius 1 is 1.29 bits per heavy atom. The third kappa shape index (κ3) is 2.69. The van der Waals surface area contributed by atoms with Crippen LogP contribution in [0.1, 0.15) is 17.0 Å². The lowest BCUT2D eigenvalue weighted by atomic mass is 10.1. The molecule has 0 spiro atoms. The van der Waals surface area contributed by atoms with Gasteiger partial charge in [0, 0.05) is 29.6 Å². The third-order valence-corrected chi connectivity index (χ3v) is 4.06. The van der Waals surface area contributed by atoms with Gasteiger partial charge in [-0.3, -0.25) is 0 Å². The Kier molecular flexibility index (Phi) is 3.52. The lowest BCUT2D eigenvalue weighted by Crippen LogP contribution is -2.06. The van der Waals surface area contributed by atoms with Crippen molar-refractivity contribution in [2.75, 3.05) is 5.32 Å². The predicted octanol–water partition coefficient (Wildman–Crippen LogP) is 3.41. The van der Waals surface area contributed by atoms with Crippen molar-refractivity contribution >= 4 is 21.6 Å². The number of nitrogens with one attached hydrogen (secondary N) is 1. The molecule has 0 unspecified atom stereocenters. The fraction of sp³-hybridized carbons (Fsp3) is 0.308. The highest BCUT2D eigenvalue weighted by Crippen LogP contribution is 2.25. The summed E-state index contributed by atoms with van der Waals surface area (Å²) < 4.78 is 3.20. The zero-order valence-corrected chi connectivity index (χ0v) is 11.9. The second-order valence-corrected chi connectivity index (χ2v) is 5.02. The van der Waals surface area contributed by atoms with E-state index in [1.807, 2.05) is 24.0 Å². The molecule has 0 aliphatic heterocycles. The number of imidazole rings is 1. The van der Waals surface area contributed by atoms with Crippen LogP contribution in [0.3, 0.4) is 0 Å². The number of rotatable bonds is 3. The summed E-state index contributed by atoms with van der Waals surface area (Å²) in [4.78, 5) is 4.28. The normalized spacial score (nSPS) is 10.6. The topological polar surface area (TPSA) is 29.9 Å². The van der Waals surface area contributed by atoms with E-state index in [0.29, 0.717) is 0 Å². The molecule has 0 aliphatic rings. The fourth-order valence-electron chi connectivity index (χ4n) is 1.80. The highest BCUT2D eigenvalue weighted by Gasteiger charge is 2.03. The maximum atomic E-state index is 4.28. The van der Waals surface area contributed by atoms with Crippen molar-refractivity contribution in [2.45, 2.75) is 20.4 Å². The lowest BCUT2D eigenvalue weighted by Gasteiger charge is -2.10. The first kappa shape index (κ1) is 12.2. The Labute approximate surface area is 110 Å². The fourth-order valence-corrected chi connectivity index (χ4v) is 2.02. The molecular weight excluding hydrogens is 278 g/mol. The zero-order chi connectivity index (χ0) is 12.4. The van der Waals surface area contributed by atoms with Crippen LogP contribution in [0.25, 0.3) is 0 Å². The van der Waals surface area contributed by atoms with Gasteiger partial charge >= 0.3 is 0 Å². The number of anilines is 1. The number of aromatic nitrogens is 2. The second-order valence-electron chi connectivity index (χ2n) is 4.23. The molecule has 4 heteroatoms. The quantitative estimate of drug-likeness (QED) is 0.940. The molecule has 0 fully saturated rings. The summed E-state index contributed by atoms with van der Waals surface area (Å²) >= 11 is 3.57. The van der Waals surface area contributed by atoms with Gasteiger partial charge in [-0.25, -0.2) is 4.98 Å². The molecule has 3 nitrogen and oxygen atoms in total. The molecule has 0 aliphatic carbocycles. The molecular formula is C13H16BrN3. The molecule has 2 rings (SSSR count). The lowest BCUT2D eigenvalue weighted by molar-refractivity contribution is 0.813. The Morgan fingerprint density at radius 2 is 1.94 bits per heavy atom. The van der Waals surface area contributed by atoms with E-state index in [0.717, 1.165) is 18.1 Å². The number of nitrogens with zero attached hydrogens (tertiary/aromatic N) is 2. The average Bonchev–Trinajstić information content (AvgIpc) is 2.69. The Bertz CT molecular complexity index is 508. The summed E-state index contributed by atoms with van der Waals surface area (Å²) in [5.74, 6) is 1.03. The zero-order valence-electron chi connectivity index (χ0n) is 10.3. The Morgan fingerprint density at radius 3 is 2.47 bits per heavy atom. The van der Waals surface area contributed by atoms with Gasteiger partial charge in [-0.05, 0) is 37.1 Å². The molecule has 1 aromatic heterocycles. The summed E-state index contributed by atoms with van der Waals surface area (Å²) in [6, 6.07) is 4.28. The SMILES string of the molecule is Cc1cc(NCc2nccn2C)cc(C)c1Br. The Hall–Kier alpha value is -1.29. The van der Waals surface area contributed by atoms with Crippen LogP contribution in [0.4, 0.5) is 5.69 Å². The molecule has 0 bridgehead atoms. The molecule has 0 amide bonds. The largest absolute Gasteiger partial charge is 0.378 e.